The number of anilines is 1. The number of halogens is 1. The summed E-state index contributed by atoms with van der Waals surface area (Å²) in [5, 5.41) is 3.43. The van der Waals surface area contributed by atoms with Crippen molar-refractivity contribution in [3.8, 4) is 0 Å². The molecule has 150 valence electrons. The molecule has 0 saturated carbocycles. The van der Waals surface area contributed by atoms with E-state index in [1.54, 1.807) is 29.2 Å². The highest BCUT2D eigenvalue weighted by atomic mass is 35.5. The second kappa shape index (κ2) is 10.1. The Morgan fingerprint density at radius 1 is 1.17 bits per heavy atom. The molecule has 2 aromatic rings. The molecule has 0 aromatic heterocycles. The van der Waals surface area contributed by atoms with Crippen LogP contribution < -0.4 is 5.32 Å². The third-order valence-electron chi connectivity index (χ3n) is 4.47. The molecular weight excluding hydrogens is 424 g/mol. The minimum Gasteiger partial charge on any atom is -0.326 e. The summed E-state index contributed by atoms with van der Waals surface area (Å²) < 4.78 is 0.532. The normalized spacial score (nSPS) is 15.2. The van der Waals surface area contributed by atoms with Crippen molar-refractivity contribution in [2.24, 2.45) is 0 Å². The second-order valence-corrected chi connectivity index (χ2v) is 8.70. The van der Waals surface area contributed by atoms with Crippen LogP contribution in [0.4, 0.5) is 5.69 Å². The smallest absolute Gasteiger partial charge is 0.266 e. The van der Waals surface area contributed by atoms with Gasteiger partial charge in [0.1, 0.15) is 4.32 Å². The first-order valence-corrected chi connectivity index (χ1v) is 11.0. The van der Waals surface area contributed by atoms with Gasteiger partial charge in [-0.1, -0.05) is 66.8 Å². The molecule has 1 N–H and O–H groups in total. The molecule has 7 heteroatoms. The number of thioether (sulfide) groups is 1. The van der Waals surface area contributed by atoms with E-state index in [-0.39, 0.29) is 11.8 Å². The maximum absolute atomic E-state index is 12.7. The van der Waals surface area contributed by atoms with Crippen molar-refractivity contribution in [1.29, 1.82) is 0 Å². The van der Waals surface area contributed by atoms with Gasteiger partial charge < -0.3 is 5.32 Å². The Morgan fingerprint density at radius 3 is 2.52 bits per heavy atom. The summed E-state index contributed by atoms with van der Waals surface area (Å²) in [4.78, 5) is 27.0. The van der Waals surface area contributed by atoms with E-state index in [0.717, 1.165) is 12.0 Å². The summed E-state index contributed by atoms with van der Waals surface area (Å²) in [7, 11) is 0. The van der Waals surface area contributed by atoms with Crippen LogP contribution in [-0.4, -0.2) is 27.6 Å². The number of rotatable bonds is 7. The fourth-order valence-corrected chi connectivity index (χ4v) is 4.28. The predicted octanol–water partition coefficient (Wildman–Crippen LogP) is 5.52. The molecule has 0 bridgehead atoms. The lowest BCUT2D eigenvalue weighted by molar-refractivity contribution is -0.122. The molecule has 3 rings (SSSR count). The molecule has 0 radical (unpaired) electrons. The summed E-state index contributed by atoms with van der Waals surface area (Å²) in [6.07, 6.45) is 3.68. The number of nitrogens with one attached hydrogen (secondary N) is 1. The van der Waals surface area contributed by atoms with E-state index in [4.69, 9.17) is 23.8 Å². The zero-order valence-electron chi connectivity index (χ0n) is 16.0. The van der Waals surface area contributed by atoms with Gasteiger partial charge in [-0.25, -0.2) is 0 Å². The monoisotopic (exact) mass is 444 g/mol. The first-order valence-electron chi connectivity index (χ1n) is 9.36. The Hall–Kier alpha value is -2.15. The number of thiocarbonyl (C=S) groups is 1. The van der Waals surface area contributed by atoms with Gasteiger partial charge in [0, 0.05) is 23.7 Å². The number of aryl methyl sites for hydroxylation is 1. The third-order valence-corrected chi connectivity index (χ3v) is 6.10. The van der Waals surface area contributed by atoms with Crippen molar-refractivity contribution in [1.82, 2.24) is 4.90 Å². The number of hydrogen-bond donors (Lipinski definition) is 1. The maximum atomic E-state index is 12.7. The van der Waals surface area contributed by atoms with Gasteiger partial charge in [-0.15, -0.1) is 0 Å². The second-order valence-electron chi connectivity index (χ2n) is 6.59. The van der Waals surface area contributed by atoms with Crippen LogP contribution in [0, 0.1) is 0 Å². The van der Waals surface area contributed by atoms with E-state index in [1.165, 1.54) is 17.3 Å². The molecule has 29 heavy (non-hydrogen) atoms. The molecule has 0 unspecified atom stereocenters. The third kappa shape index (κ3) is 5.92. The van der Waals surface area contributed by atoms with E-state index in [2.05, 4.69) is 24.4 Å². The summed E-state index contributed by atoms with van der Waals surface area (Å²) in [5.41, 5.74) is 2.93. The average molecular weight is 445 g/mol. The lowest BCUT2D eigenvalue weighted by atomic mass is 10.1. The van der Waals surface area contributed by atoms with Crippen molar-refractivity contribution in [3.05, 3.63) is 69.6 Å². The largest absolute Gasteiger partial charge is 0.326 e. The van der Waals surface area contributed by atoms with Crippen molar-refractivity contribution < 1.29 is 9.59 Å². The molecule has 1 saturated heterocycles. The summed E-state index contributed by atoms with van der Waals surface area (Å²) in [6, 6.07) is 15.1. The Balaban J connectivity index is 1.52. The predicted molar refractivity (Wildman–Crippen MR) is 125 cm³/mol. The van der Waals surface area contributed by atoms with Gasteiger partial charge in [-0.2, -0.15) is 0 Å². The summed E-state index contributed by atoms with van der Waals surface area (Å²) in [6.45, 7) is 2.53. The van der Waals surface area contributed by atoms with Crippen LogP contribution in [-0.2, 0) is 16.0 Å². The van der Waals surface area contributed by atoms with Crippen LogP contribution in [0.25, 0.3) is 6.08 Å². The standard InChI is InChI=1S/C22H21ClN2O2S2/c1-2-15-5-7-16(8-6-15)14-19-21(27)25(22(28)29-19)13-3-4-20(26)24-18-11-9-17(23)10-12-18/h5-12,14H,2-4,13H2,1H3,(H,24,26)/b19-14-. The van der Waals surface area contributed by atoms with Crippen LogP contribution >= 0.6 is 35.6 Å². The zero-order valence-corrected chi connectivity index (χ0v) is 18.4. The van der Waals surface area contributed by atoms with Crippen LogP contribution in [0.1, 0.15) is 30.9 Å². The van der Waals surface area contributed by atoms with Crippen LogP contribution in [0.3, 0.4) is 0 Å². The van der Waals surface area contributed by atoms with Gasteiger partial charge in [0.2, 0.25) is 5.91 Å². The maximum Gasteiger partial charge on any atom is 0.266 e. The van der Waals surface area contributed by atoms with Crippen molar-refractivity contribution in [2.45, 2.75) is 26.2 Å². The molecule has 0 atom stereocenters. The molecule has 1 aliphatic rings. The lowest BCUT2D eigenvalue weighted by Crippen LogP contribution is -2.29. The number of amides is 2. The van der Waals surface area contributed by atoms with Gasteiger partial charge in [0.25, 0.3) is 5.91 Å². The van der Waals surface area contributed by atoms with Crippen molar-refractivity contribution in [3.63, 3.8) is 0 Å². The molecule has 2 aromatic carbocycles. The Morgan fingerprint density at radius 2 is 1.86 bits per heavy atom. The fraction of sp³-hybridized carbons (Fsp3) is 0.227. The number of benzene rings is 2. The molecule has 0 spiro atoms. The van der Waals surface area contributed by atoms with Crippen molar-refractivity contribution >= 4 is 63.5 Å². The highest BCUT2D eigenvalue weighted by Crippen LogP contribution is 2.32. The Kier molecular flexibility index (Phi) is 7.47. The van der Waals surface area contributed by atoms with Gasteiger partial charge >= 0.3 is 0 Å². The Bertz CT molecular complexity index is 940. The zero-order chi connectivity index (χ0) is 20.8. The first-order chi connectivity index (χ1) is 14.0. The molecule has 2 amide bonds. The Labute approximate surface area is 185 Å². The average Bonchev–Trinajstić information content (AvgIpc) is 2.97. The van der Waals surface area contributed by atoms with E-state index in [0.29, 0.717) is 39.3 Å². The topological polar surface area (TPSA) is 49.4 Å². The van der Waals surface area contributed by atoms with Crippen LogP contribution in [0.5, 0.6) is 0 Å². The number of carbonyl (C=O) groups excluding carboxylic acids is 2. The molecular formula is C22H21ClN2O2S2. The quantitative estimate of drug-likeness (QED) is 0.451. The molecule has 4 nitrogen and oxygen atoms in total. The van der Waals surface area contributed by atoms with Gasteiger partial charge in [0.15, 0.2) is 0 Å². The number of hydrogen-bond acceptors (Lipinski definition) is 4. The minimum absolute atomic E-state index is 0.0994. The lowest BCUT2D eigenvalue weighted by Gasteiger charge is -2.14. The van der Waals surface area contributed by atoms with Gasteiger partial charge in [-0.05, 0) is 54.3 Å². The molecule has 1 aliphatic heterocycles. The first kappa shape index (κ1) is 21.6. The fourth-order valence-electron chi connectivity index (χ4n) is 2.85. The molecule has 1 heterocycles. The summed E-state index contributed by atoms with van der Waals surface area (Å²) >= 11 is 12.5. The SMILES string of the molecule is CCc1ccc(/C=C2\SC(=S)N(CCCC(=O)Nc3ccc(Cl)cc3)C2=O)cc1. The van der Waals surface area contributed by atoms with Gasteiger partial charge in [0.05, 0.1) is 4.91 Å². The van der Waals surface area contributed by atoms with E-state index >= 15 is 0 Å². The number of carbonyl (C=O) groups is 2. The minimum atomic E-state index is -0.107. The highest BCUT2D eigenvalue weighted by Gasteiger charge is 2.31. The van der Waals surface area contributed by atoms with E-state index in [1.807, 2.05) is 18.2 Å². The van der Waals surface area contributed by atoms with Gasteiger partial charge in [-0.3, -0.25) is 14.5 Å². The van der Waals surface area contributed by atoms with E-state index in [9.17, 15) is 9.59 Å². The summed E-state index contributed by atoms with van der Waals surface area (Å²) in [5.74, 6) is -0.206. The molecule has 1 fully saturated rings. The van der Waals surface area contributed by atoms with Crippen LogP contribution in [0.15, 0.2) is 53.4 Å². The van der Waals surface area contributed by atoms with Crippen LogP contribution in [0.2, 0.25) is 5.02 Å². The molecule has 0 aliphatic carbocycles. The number of nitrogens with zero attached hydrogens (tertiary/aromatic N) is 1. The highest BCUT2D eigenvalue weighted by molar-refractivity contribution is 8.26. The van der Waals surface area contributed by atoms with E-state index < -0.39 is 0 Å². The van der Waals surface area contributed by atoms with Crippen molar-refractivity contribution in [2.75, 3.05) is 11.9 Å².